The molecule has 1 saturated heterocycles. The fourth-order valence-corrected chi connectivity index (χ4v) is 3.56. The molecular weight excluding hydrogens is 465 g/mol. The zero-order valence-corrected chi connectivity index (χ0v) is 18.3. The number of nitro groups is 1. The number of nitrogens with zero attached hydrogens (tertiary/aromatic N) is 3. The Hall–Kier alpha value is -3.08. The predicted octanol–water partition coefficient (Wildman–Crippen LogP) is 4.85. The quantitative estimate of drug-likeness (QED) is 0.325. The Morgan fingerprint density at radius 3 is 2.61 bits per heavy atom. The summed E-state index contributed by atoms with van der Waals surface area (Å²) in [6.07, 6.45) is -1.44. The van der Waals surface area contributed by atoms with Crippen molar-refractivity contribution in [2.75, 3.05) is 31.1 Å². The average molecular weight is 487 g/mol. The first-order valence-corrected chi connectivity index (χ1v) is 10.7. The molecule has 0 bridgehead atoms. The summed E-state index contributed by atoms with van der Waals surface area (Å²) in [7, 11) is 0. The second-order valence-electron chi connectivity index (χ2n) is 7.48. The normalized spacial score (nSPS) is 14.1. The zero-order valence-electron chi connectivity index (χ0n) is 17.5. The molecule has 0 aliphatic carbocycles. The minimum Gasteiger partial charge on any atom is -0.478 e. The molecule has 2 heterocycles. The van der Waals surface area contributed by atoms with Crippen molar-refractivity contribution in [1.29, 1.82) is 0 Å². The van der Waals surface area contributed by atoms with Gasteiger partial charge in [0, 0.05) is 37.8 Å². The Labute approximate surface area is 192 Å². The molecule has 33 heavy (non-hydrogen) atoms. The Balaban J connectivity index is 1.57. The zero-order chi connectivity index (χ0) is 24.0. The van der Waals surface area contributed by atoms with Crippen molar-refractivity contribution >= 4 is 29.0 Å². The molecule has 0 atom stereocenters. The van der Waals surface area contributed by atoms with Crippen LogP contribution >= 0.6 is 11.6 Å². The number of rotatable bonds is 8. The lowest BCUT2D eigenvalue weighted by atomic mass is 10.1. The largest absolute Gasteiger partial charge is 0.478 e. The Kier molecular flexibility index (Phi) is 7.96. The fourth-order valence-electron chi connectivity index (χ4n) is 3.36. The first kappa shape index (κ1) is 24.6. The number of ether oxygens (including phenoxy) is 1. The number of pyridine rings is 1. The maximum atomic E-state index is 13.3. The molecule has 0 unspecified atom stereocenters. The van der Waals surface area contributed by atoms with Gasteiger partial charge in [-0.3, -0.25) is 14.9 Å². The number of aromatic nitrogens is 1. The van der Waals surface area contributed by atoms with Gasteiger partial charge in [-0.25, -0.2) is 0 Å². The van der Waals surface area contributed by atoms with Crippen LogP contribution in [0.4, 0.5) is 24.7 Å². The van der Waals surface area contributed by atoms with Crippen molar-refractivity contribution in [2.45, 2.75) is 31.9 Å². The fraction of sp³-hybridized carbons (Fsp3) is 0.429. The number of carbonyl (C=O) groups is 1. The third-order valence-electron chi connectivity index (χ3n) is 5.06. The number of anilines is 1. The van der Waals surface area contributed by atoms with Gasteiger partial charge in [0.1, 0.15) is 5.82 Å². The lowest BCUT2D eigenvalue weighted by molar-refractivity contribution is -0.384. The predicted molar refractivity (Wildman–Crippen MR) is 116 cm³/mol. The highest BCUT2D eigenvalue weighted by Crippen LogP contribution is 2.34. The number of carbonyl (C=O) groups excluding carboxylic acids is 1. The number of amides is 1. The summed E-state index contributed by atoms with van der Waals surface area (Å²) in [6.45, 7) is 1.41. The molecule has 1 fully saturated rings. The second kappa shape index (κ2) is 10.7. The van der Waals surface area contributed by atoms with E-state index in [2.05, 4.69) is 10.3 Å². The lowest BCUT2D eigenvalue weighted by Gasteiger charge is -2.28. The number of non-ortho nitro benzene ring substituents is 1. The number of piperidine rings is 1. The van der Waals surface area contributed by atoms with Gasteiger partial charge in [-0.2, -0.15) is 18.2 Å². The average Bonchev–Trinajstić information content (AvgIpc) is 2.78. The van der Waals surface area contributed by atoms with Crippen LogP contribution in [0.1, 0.15) is 41.6 Å². The van der Waals surface area contributed by atoms with Crippen LogP contribution in [-0.4, -0.2) is 42.1 Å². The molecule has 12 heteroatoms. The van der Waals surface area contributed by atoms with E-state index in [1.54, 1.807) is 0 Å². The van der Waals surface area contributed by atoms with Gasteiger partial charge in [-0.05, 0) is 37.8 Å². The molecule has 1 aliphatic heterocycles. The third kappa shape index (κ3) is 6.70. The number of hydrogen-bond acceptors (Lipinski definition) is 6. The smallest absolute Gasteiger partial charge is 0.416 e. The summed E-state index contributed by atoms with van der Waals surface area (Å²) in [5.74, 6) is -0.514. The van der Waals surface area contributed by atoms with Gasteiger partial charge < -0.3 is 15.0 Å². The van der Waals surface area contributed by atoms with Crippen molar-refractivity contribution in [3.63, 3.8) is 0 Å². The van der Waals surface area contributed by atoms with Crippen LogP contribution in [0.25, 0.3) is 0 Å². The van der Waals surface area contributed by atoms with E-state index in [1.807, 2.05) is 4.90 Å². The minimum absolute atomic E-state index is 0.0106. The maximum Gasteiger partial charge on any atom is 0.416 e. The number of alkyl halides is 3. The highest BCUT2D eigenvalue weighted by molar-refractivity contribution is 6.33. The molecule has 1 N–H and O–H groups in total. The molecule has 178 valence electrons. The summed E-state index contributed by atoms with van der Waals surface area (Å²) in [5.41, 5.74) is -1.15. The van der Waals surface area contributed by atoms with Gasteiger partial charge >= 0.3 is 6.18 Å². The molecule has 3 rings (SSSR count). The van der Waals surface area contributed by atoms with E-state index in [-0.39, 0.29) is 47.5 Å². The summed E-state index contributed by atoms with van der Waals surface area (Å²) in [6, 6.07) is 5.41. The molecular formula is C21H22ClF3N4O4. The van der Waals surface area contributed by atoms with Crippen LogP contribution in [0.15, 0.2) is 30.3 Å². The van der Waals surface area contributed by atoms with Crippen molar-refractivity contribution in [2.24, 2.45) is 0 Å². The second-order valence-corrected chi connectivity index (χ2v) is 7.88. The van der Waals surface area contributed by atoms with E-state index < -0.39 is 22.6 Å². The molecule has 1 aromatic carbocycles. The van der Waals surface area contributed by atoms with Crippen LogP contribution < -0.4 is 15.0 Å². The third-order valence-corrected chi connectivity index (χ3v) is 5.39. The van der Waals surface area contributed by atoms with E-state index in [4.69, 9.17) is 16.3 Å². The first-order valence-electron chi connectivity index (χ1n) is 10.3. The molecule has 1 aliphatic rings. The minimum atomic E-state index is -4.53. The van der Waals surface area contributed by atoms with Gasteiger partial charge in [-0.1, -0.05) is 11.6 Å². The van der Waals surface area contributed by atoms with E-state index >= 15 is 0 Å². The van der Waals surface area contributed by atoms with Crippen molar-refractivity contribution in [3.8, 4) is 5.88 Å². The summed E-state index contributed by atoms with van der Waals surface area (Å²) < 4.78 is 45.4. The van der Waals surface area contributed by atoms with E-state index in [9.17, 15) is 28.1 Å². The van der Waals surface area contributed by atoms with Crippen molar-refractivity contribution in [1.82, 2.24) is 10.3 Å². The summed E-state index contributed by atoms with van der Waals surface area (Å²) >= 11 is 5.93. The number of hydrogen-bond donors (Lipinski definition) is 1. The van der Waals surface area contributed by atoms with Crippen molar-refractivity contribution in [3.05, 3.63) is 56.6 Å². The lowest BCUT2D eigenvalue weighted by Crippen LogP contribution is -2.30. The van der Waals surface area contributed by atoms with Crippen LogP contribution in [0, 0.1) is 10.1 Å². The molecule has 0 spiro atoms. The molecule has 2 aromatic rings. The van der Waals surface area contributed by atoms with Gasteiger partial charge in [0.15, 0.2) is 0 Å². The Bertz CT molecular complexity index is 1010. The standard InChI is InChI=1S/C21H22ClF3N4O4/c22-17-6-5-15(29(31)32)13-16(17)20(30)26-7-4-10-33-19-12-14(21(23,24)25)11-18(27-19)28-8-2-1-3-9-28/h5-6,11-13H,1-4,7-10H2,(H,26,30). The molecule has 0 radical (unpaired) electrons. The maximum absolute atomic E-state index is 13.3. The summed E-state index contributed by atoms with van der Waals surface area (Å²) in [4.78, 5) is 28.5. The van der Waals surface area contributed by atoms with Crippen LogP contribution in [0.3, 0.4) is 0 Å². The molecule has 0 saturated carbocycles. The number of nitro benzene ring substituents is 1. The van der Waals surface area contributed by atoms with Gasteiger partial charge in [0.05, 0.1) is 27.7 Å². The highest BCUT2D eigenvalue weighted by Gasteiger charge is 2.32. The van der Waals surface area contributed by atoms with Crippen LogP contribution in [0.5, 0.6) is 5.88 Å². The van der Waals surface area contributed by atoms with Gasteiger partial charge in [0.2, 0.25) is 5.88 Å². The summed E-state index contributed by atoms with van der Waals surface area (Å²) in [5, 5.41) is 13.5. The van der Waals surface area contributed by atoms with E-state index in [1.165, 1.54) is 12.1 Å². The SMILES string of the molecule is O=C(NCCCOc1cc(C(F)(F)F)cc(N2CCCCC2)n1)c1cc([N+](=O)[O-])ccc1Cl. The van der Waals surface area contributed by atoms with Gasteiger partial charge in [0.25, 0.3) is 11.6 Å². The molecule has 1 aromatic heterocycles. The Morgan fingerprint density at radius 2 is 1.94 bits per heavy atom. The van der Waals surface area contributed by atoms with E-state index in [0.29, 0.717) is 13.1 Å². The number of halogens is 4. The molecule has 1 amide bonds. The number of benzene rings is 1. The van der Waals surface area contributed by atoms with E-state index in [0.717, 1.165) is 37.5 Å². The first-order chi connectivity index (χ1) is 15.6. The highest BCUT2D eigenvalue weighted by atomic mass is 35.5. The van der Waals surface area contributed by atoms with Crippen LogP contribution in [0.2, 0.25) is 5.02 Å². The number of nitrogens with one attached hydrogen (secondary N) is 1. The van der Waals surface area contributed by atoms with Crippen molar-refractivity contribution < 1.29 is 27.6 Å². The van der Waals surface area contributed by atoms with Crippen LogP contribution in [-0.2, 0) is 6.18 Å². The van der Waals surface area contributed by atoms with Gasteiger partial charge in [-0.15, -0.1) is 0 Å². The molecule has 8 nitrogen and oxygen atoms in total. The topological polar surface area (TPSA) is 97.6 Å². The Morgan fingerprint density at radius 1 is 1.21 bits per heavy atom. The monoisotopic (exact) mass is 486 g/mol.